The van der Waals surface area contributed by atoms with Crippen molar-refractivity contribution in [2.75, 3.05) is 5.73 Å². The Hall–Kier alpha value is -1.47. The lowest BCUT2D eigenvalue weighted by atomic mass is 10.1. The lowest BCUT2D eigenvalue weighted by Crippen LogP contribution is -1.96. The summed E-state index contributed by atoms with van der Waals surface area (Å²) in [5.74, 6) is 0. The van der Waals surface area contributed by atoms with E-state index in [2.05, 4.69) is 4.98 Å². The van der Waals surface area contributed by atoms with Gasteiger partial charge in [0, 0.05) is 10.6 Å². The number of nitrogen functional groups attached to an aromatic ring is 1. The first-order valence-electron chi connectivity index (χ1n) is 4.84. The lowest BCUT2D eigenvalue weighted by Gasteiger charge is -2.09. The van der Waals surface area contributed by atoms with Gasteiger partial charge in [-0.25, -0.2) is 4.98 Å². The zero-order valence-corrected chi connectivity index (χ0v) is 11.2. The molecule has 0 aliphatic rings. The van der Waals surface area contributed by atoms with Crippen molar-refractivity contribution in [2.45, 2.75) is 0 Å². The Morgan fingerprint density at radius 3 is 2.56 bits per heavy atom. The standard InChI is InChI=1S/C12H6Cl3N3/c13-6-3-8(11(15)9(14)4-6)12-10(17)2-1-7(5-16)18-12/h1-4H,17H2. The summed E-state index contributed by atoms with van der Waals surface area (Å²) >= 11 is 18.0. The Morgan fingerprint density at radius 2 is 1.89 bits per heavy atom. The number of pyridine rings is 1. The number of hydrogen-bond acceptors (Lipinski definition) is 3. The molecule has 1 aromatic heterocycles. The van der Waals surface area contributed by atoms with Gasteiger partial charge in [0.05, 0.1) is 21.4 Å². The van der Waals surface area contributed by atoms with Crippen LogP contribution in [-0.4, -0.2) is 4.98 Å². The molecular weight excluding hydrogens is 293 g/mol. The van der Waals surface area contributed by atoms with Crippen LogP contribution in [0, 0.1) is 11.3 Å². The van der Waals surface area contributed by atoms with Crippen molar-refractivity contribution in [1.29, 1.82) is 5.26 Å². The number of rotatable bonds is 1. The maximum absolute atomic E-state index is 8.84. The second kappa shape index (κ2) is 5.03. The number of benzene rings is 1. The third-order valence-electron chi connectivity index (χ3n) is 2.29. The van der Waals surface area contributed by atoms with Crippen molar-refractivity contribution in [3.8, 4) is 17.3 Å². The Labute approximate surface area is 119 Å². The summed E-state index contributed by atoms with van der Waals surface area (Å²) in [6.07, 6.45) is 0. The zero-order chi connectivity index (χ0) is 13.3. The number of nitrogens with zero attached hydrogens (tertiary/aromatic N) is 2. The highest BCUT2D eigenvalue weighted by molar-refractivity contribution is 6.45. The molecule has 0 radical (unpaired) electrons. The zero-order valence-electron chi connectivity index (χ0n) is 8.92. The van der Waals surface area contributed by atoms with Gasteiger partial charge in [-0.15, -0.1) is 0 Å². The summed E-state index contributed by atoms with van der Waals surface area (Å²) in [6, 6.07) is 8.19. The molecule has 18 heavy (non-hydrogen) atoms. The normalized spacial score (nSPS) is 10.1. The molecule has 0 saturated heterocycles. The van der Waals surface area contributed by atoms with Gasteiger partial charge in [0.25, 0.3) is 0 Å². The topological polar surface area (TPSA) is 62.7 Å². The van der Waals surface area contributed by atoms with Crippen molar-refractivity contribution in [2.24, 2.45) is 0 Å². The molecule has 0 bridgehead atoms. The van der Waals surface area contributed by atoms with E-state index in [0.717, 1.165) is 0 Å². The molecule has 6 heteroatoms. The van der Waals surface area contributed by atoms with Crippen molar-refractivity contribution in [3.63, 3.8) is 0 Å². The van der Waals surface area contributed by atoms with Gasteiger partial charge in [0.1, 0.15) is 11.8 Å². The first-order chi connectivity index (χ1) is 8.52. The van der Waals surface area contributed by atoms with E-state index in [1.165, 1.54) is 12.1 Å². The fraction of sp³-hybridized carbons (Fsp3) is 0. The van der Waals surface area contributed by atoms with Crippen molar-refractivity contribution in [1.82, 2.24) is 4.98 Å². The van der Waals surface area contributed by atoms with E-state index in [0.29, 0.717) is 32.0 Å². The van der Waals surface area contributed by atoms with Gasteiger partial charge < -0.3 is 5.73 Å². The van der Waals surface area contributed by atoms with E-state index in [-0.39, 0.29) is 5.69 Å². The van der Waals surface area contributed by atoms with Gasteiger partial charge in [-0.05, 0) is 24.3 Å². The third kappa shape index (κ3) is 2.37. The Bertz CT molecular complexity index is 662. The molecule has 0 unspecified atom stereocenters. The average Bonchev–Trinajstić information content (AvgIpc) is 2.34. The highest BCUT2D eigenvalue weighted by Gasteiger charge is 2.13. The maximum Gasteiger partial charge on any atom is 0.141 e. The van der Waals surface area contributed by atoms with Gasteiger partial charge in [-0.2, -0.15) is 5.26 Å². The average molecular weight is 299 g/mol. The lowest BCUT2D eigenvalue weighted by molar-refractivity contribution is 1.27. The fourth-order valence-electron chi connectivity index (χ4n) is 1.48. The van der Waals surface area contributed by atoms with Crippen LogP contribution in [0.1, 0.15) is 5.69 Å². The summed E-state index contributed by atoms with van der Waals surface area (Å²) in [7, 11) is 0. The number of anilines is 1. The summed E-state index contributed by atoms with van der Waals surface area (Å²) in [5, 5.41) is 9.87. The van der Waals surface area contributed by atoms with Gasteiger partial charge in [-0.3, -0.25) is 0 Å². The predicted molar refractivity (Wildman–Crippen MR) is 73.8 cm³/mol. The van der Waals surface area contributed by atoms with Crippen LogP contribution in [0.15, 0.2) is 24.3 Å². The van der Waals surface area contributed by atoms with Crippen LogP contribution in [0.4, 0.5) is 5.69 Å². The number of halogens is 3. The Kier molecular flexibility index (Phi) is 3.63. The van der Waals surface area contributed by atoms with E-state index in [1.54, 1.807) is 12.1 Å². The SMILES string of the molecule is N#Cc1ccc(N)c(-c2cc(Cl)cc(Cl)c2Cl)n1. The molecule has 2 aromatic rings. The second-order valence-electron chi connectivity index (χ2n) is 3.50. The molecule has 0 saturated carbocycles. The summed E-state index contributed by atoms with van der Waals surface area (Å²) < 4.78 is 0. The van der Waals surface area contributed by atoms with E-state index < -0.39 is 0 Å². The molecule has 90 valence electrons. The number of nitrogens with two attached hydrogens (primary N) is 1. The molecule has 1 aromatic carbocycles. The Balaban J connectivity index is 2.73. The van der Waals surface area contributed by atoms with E-state index in [1.807, 2.05) is 6.07 Å². The van der Waals surface area contributed by atoms with Crippen molar-refractivity contribution >= 4 is 40.5 Å². The number of nitriles is 1. The molecule has 0 fully saturated rings. The van der Waals surface area contributed by atoms with Crippen molar-refractivity contribution < 1.29 is 0 Å². The minimum Gasteiger partial charge on any atom is -0.397 e. The first-order valence-corrected chi connectivity index (χ1v) is 5.98. The highest BCUT2D eigenvalue weighted by atomic mass is 35.5. The molecule has 0 amide bonds. The summed E-state index contributed by atoms with van der Waals surface area (Å²) in [5.41, 5.74) is 7.36. The molecule has 0 spiro atoms. The largest absolute Gasteiger partial charge is 0.397 e. The summed E-state index contributed by atoms with van der Waals surface area (Å²) in [4.78, 5) is 4.12. The Morgan fingerprint density at radius 1 is 1.17 bits per heavy atom. The predicted octanol–water partition coefficient (Wildman–Crippen LogP) is 4.16. The van der Waals surface area contributed by atoms with Gasteiger partial charge in [0.15, 0.2) is 0 Å². The molecule has 0 aliphatic carbocycles. The number of aromatic nitrogens is 1. The molecule has 1 heterocycles. The maximum atomic E-state index is 8.84. The molecule has 0 atom stereocenters. The molecule has 3 nitrogen and oxygen atoms in total. The third-order valence-corrected chi connectivity index (χ3v) is 3.31. The highest BCUT2D eigenvalue weighted by Crippen LogP contribution is 2.37. The minimum atomic E-state index is 0.242. The van der Waals surface area contributed by atoms with Gasteiger partial charge in [0.2, 0.25) is 0 Å². The van der Waals surface area contributed by atoms with E-state index >= 15 is 0 Å². The van der Waals surface area contributed by atoms with Crippen LogP contribution in [0.5, 0.6) is 0 Å². The van der Waals surface area contributed by atoms with Crippen LogP contribution in [0.25, 0.3) is 11.3 Å². The van der Waals surface area contributed by atoms with E-state index in [9.17, 15) is 0 Å². The molecule has 2 rings (SSSR count). The fourth-order valence-corrected chi connectivity index (χ4v) is 2.17. The minimum absolute atomic E-state index is 0.242. The van der Waals surface area contributed by atoms with Gasteiger partial charge >= 0.3 is 0 Å². The second-order valence-corrected chi connectivity index (χ2v) is 4.72. The van der Waals surface area contributed by atoms with Crippen LogP contribution in [0.3, 0.4) is 0 Å². The quantitative estimate of drug-likeness (QED) is 0.804. The molecule has 2 N–H and O–H groups in total. The molecular formula is C12H6Cl3N3. The molecule has 0 aliphatic heterocycles. The summed E-state index contributed by atoms with van der Waals surface area (Å²) in [6.45, 7) is 0. The van der Waals surface area contributed by atoms with E-state index in [4.69, 9.17) is 45.8 Å². The van der Waals surface area contributed by atoms with Crippen LogP contribution in [-0.2, 0) is 0 Å². The smallest absolute Gasteiger partial charge is 0.141 e. The monoisotopic (exact) mass is 297 g/mol. The van der Waals surface area contributed by atoms with Gasteiger partial charge in [-0.1, -0.05) is 34.8 Å². The van der Waals surface area contributed by atoms with Crippen LogP contribution >= 0.6 is 34.8 Å². The van der Waals surface area contributed by atoms with Crippen molar-refractivity contribution in [3.05, 3.63) is 45.0 Å². The first kappa shape index (κ1) is 13.0. The number of hydrogen-bond donors (Lipinski definition) is 1. The van der Waals surface area contributed by atoms with Crippen LogP contribution < -0.4 is 5.73 Å². The van der Waals surface area contributed by atoms with Crippen LogP contribution in [0.2, 0.25) is 15.1 Å².